The van der Waals surface area contributed by atoms with E-state index in [1.165, 1.54) is 18.2 Å². The number of aryl methyl sites for hydroxylation is 1. The molecule has 27 heavy (non-hydrogen) atoms. The lowest BCUT2D eigenvalue weighted by Gasteiger charge is -2.36. The Hall–Kier alpha value is -2.15. The van der Waals surface area contributed by atoms with E-state index in [1.807, 2.05) is 28.8 Å². The molecule has 1 aliphatic rings. The topological polar surface area (TPSA) is 73.8 Å². The Kier molecular flexibility index (Phi) is 5.04. The van der Waals surface area contributed by atoms with Gasteiger partial charge in [-0.05, 0) is 30.4 Å². The summed E-state index contributed by atoms with van der Waals surface area (Å²) in [7, 11) is 0. The average molecular weight is 385 g/mol. The standard InChI is InChI=1S/C20H24N4O2S/c1-12-7-6-10-17(13(12)2)24-19(25)15-8-4-5-9-16(15)21-20(24)27-11-18-23-22-14(3)26-18/h4-5,8-9,12-13,17H,6-7,10-11H2,1-3H3/t12-,13-,17-/m0/s1. The van der Waals surface area contributed by atoms with Crippen LogP contribution in [0.1, 0.15) is 50.9 Å². The maximum absolute atomic E-state index is 13.4. The van der Waals surface area contributed by atoms with Crippen LogP contribution >= 0.6 is 11.8 Å². The summed E-state index contributed by atoms with van der Waals surface area (Å²) in [6, 6.07) is 7.75. The van der Waals surface area contributed by atoms with Crippen LogP contribution in [0.25, 0.3) is 10.9 Å². The molecule has 2 aromatic heterocycles. The van der Waals surface area contributed by atoms with Gasteiger partial charge in [0.2, 0.25) is 11.8 Å². The van der Waals surface area contributed by atoms with Crippen molar-refractivity contribution in [3.63, 3.8) is 0 Å². The third-order valence-corrected chi connectivity index (χ3v) is 6.60. The maximum atomic E-state index is 13.4. The second-order valence-corrected chi connectivity index (χ2v) is 8.37. The lowest BCUT2D eigenvalue weighted by Crippen LogP contribution is -2.35. The van der Waals surface area contributed by atoms with E-state index in [4.69, 9.17) is 9.40 Å². The zero-order valence-corrected chi connectivity index (χ0v) is 16.7. The molecule has 1 saturated carbocycles. The van der Waals surface area contributed by atoms with E-state index in [-0.39, 0.29) is 11.6 Å². The van der Waals surface area contributed by atoms with E-state index >= 15 is 0 Å². The number of benzene rings is 1. The van der Waals surface area contributed by atoms with E-state index in [0.717, 1.165) is 23.5 Å². The van der Waals surface area contributed by atoms with E-state index in [2.05, 4.69) is 24.0 Å². The normalized spacial score (nSPS) is 23.0. The SMILES string of the molecule is Cc1nnc(CSc2nc3ccccc3c(=O)n2[C@H]2CCC[C@H](C)[C@@H]2C)o1. The molecular weight excluding hydrogens is 360 g/mol. The van der Waals surface area contributed by atoms with Gasteiger partial charge in [0.05, 0.1) is 16.7 Å². The highest BCUT2D eigenvalue weighted by molar-refractivity contribution is 7.98. The second kappa shape index (κ2) is 7.46. The lowest BCUT2D eigenvalue weighted by molar-refractivity contribution is 0.173. The molecule has 6 nitrogen and oxygen atoms in total. The number of para-hydroxylation sites is 1. The smallest absolute Gasteiger partial charge is 0.262 e. The van der Waals surface area contributed by atoms with Crippen molar-refractivity contribution < 1.29 is 4.42 Å². The average Bonchev–Trinajstić information content (AvgIpc) is 3.08. The summed E-state index contributed by atoms with van der Waals surface area (Å²) in [6.07, 6.45) is 3.37. The molecule has 1 aliphatic carbocycles. The maximum Gasteiger partial charge on any atom is 0.262 e. The molecule has 3 atom stereocenters. The summed E-state index contributed by atoms with van der Waals surface area (Å²) in [4.78, 5) is 18.2. The number of aromatic nitrogens is 4. The zero-order valence-electron chi connectivity index (χ0n) is 15.9. The molecule has 4 rings (SSSR count). The molecule has 0 spiro atoms. The molecule has 0 N–H and O–H groups in total. The molecule has 0 amide bonds. The Labute approximate surface area is 162 Å². The fourth-order valence-corrected chi connectivity index (χ4v) is 4.85. The Morgan fingerprint density at radius 2 is 2.04 bits per heavy atom. The van der Waals surface area contributed by atoms with Gasteiger partial charge >= 0.3 is 0 Å². The molecule has 7 heteroatoms. The molecule has 142 valence electrons. The summed E-state index contributed by atoms with van der Waals surface area (Å²) >= 11 is 1.49. The van der Waals surface area contributed by atoms with E-state index in [1.54, 1.807) is 6.92 Å². The quantitative estimate of drug-likeness (QED) is 0.491. The Bertz CT molecular complexity index is 1010. The van der Waals surface area contributed by atoms with E-state index in [0.29, 0.717) is 34.8 Å². The first kappa shape index (κ1) is 18.2. The van der Waals surface area contributed by atoms with Gasteiger partial charge in [-0.3, -0.25) is 9.36 Å². The monoisotopic (exact) mass is 384 g/mol. The summed E-state index contributed by atoms with van der Waals surface area (Å²) < 4.78 is 7.42. The van der Waals surface area contributed by atoms with Crippen LogP contribution in [0.3, 0.4) is 0 Å². The van der Waals surface area contributed by atoms with Crippen LogP contribution in [-0.2, 0) is 5.75 Å². The largest absolute Gasteiger partial charge is 0.425 e. The van der Waals surface area contributed by atoms with Crippen molar-refractivity contribution in [1.82, 2.24) is 19.7 Å². The Balaban J connectivity index is 1.78. The first-order chi connectivity index (χ1) is 13.0. The highest BCUT2D eigenvalue weighted by Gasteiger charge is 2.31. The lowest BCUT2D eigenvalue weighted by atomic mass is 9.78. The van der Waals surface area contributed by atoms with Crippen LogP contribution in [0.4, 0.5) is 0 Å². The van der Waals surface area contributed by atoms with Crippen LogP contribution in [0, 0.1) is 18.8 Å². The third-order valence-electron chi connectivity index (χ3n) is 5.66. The molecule has 3 aromatic rings. The van der Waals surface area contributed by atoms with Crippen LogP contribution in [0.2, 0.25) is 0 Å². The van der Waals surface area contributed by atoms with Gasteiger partial charge in [-0.1, -0.05) is 50.6 Å². The minimum Gasteiger partial charge on any atom is -0.425 e. The Morgan fingerprint density at radius 1 is 1.22 bits per heavy atom. The van der Waals surface area contributed by atoms with Gasteiger partial charge in [0.15, 0.2) is 5.16 Å². The van der Waals surface area contributed by atoms with Crippen molar-refractivity contribution in [3.8, 4) is 0 Å². The molecule has 1 aromatic carbocycles. The summed E-state index contributed by atoms with van der Waals surface area (Å²) in [5, 5.41) is 9.36. The number of rotatable bonds is 4. The summed E-state index contributed by atoms with van der Waals surface area (Å²) in [5.74, 6) is 2.63. The molecular formula is C20H24N4O2S. The third kappa shape index (κ3) is 3.52. The number of hydrogen-bond donors (Lipinski definition) is 0. The van der Waals surface area contributed by atoms with E-state index in [9.17, 15) is 4.79 Å². The van der Waals surface area contributed by atoms with Gasteiger partial charge in [-0.25, -0.2) is 4.98 Å². The van der Waals surface area contributed by atoms with Gasteiger partial charge in [-0.2, -0.15) is 0 Å². The van der Waals surface area contributed by atoms with Gasteiger partial charge in [0, 0.05) is 13.0 Å². The number of nitrogens with zero attached hydrogens (tertiary/aromatic N) is 4. The van der Waals surface area contributed by atoms with Gasteiger partial charge in [0.25, 0.3) is 5.56 Å². The highest BCUT2D eigenvalue weighted by atomic mass is 32.2. The van der Waals surface area contributed by atoms with Crippen molar-refractivity contribution in [3.05, 3.63) is 46.4 Å². The minimum atomic E-state index is 0.0516. The van der Waals surface area contributed by atoms with Crippen molar-refractivity contribution in [1.29, 1.82) is 0 Å². The minimum absolute atomic E-state index is 0.0516. The molecule has 0 bridgehead atoms. The van der Waals surface area contributed by atoms with E-state index < -0.39 is 0 Å². The number of fused-ring (bicyclic) bond motifs is 1. The van der Waals surface area contributed by atoms with Crippen LogP contribution < -0.4 is 5.56 Å². The van der Waals surface area contributed by atoms with Crippen LogP contribution in [-0.4, -0.2) is 19.7 Å². The predicted molar refractivity (Wildman–Crippen MR) is 106 cm³/mol. The second-order valence-electron chi connectivity index (χ2n) is 7.42. The molecule has 0 radical (unpaired) electrons. The highest BCUT2D eigenvalue weighted by Crippen LogP contribution is 2.39. The molecule has 0 unspecified atom stereocenters. The molecule has 0 saturated heterocycles. The van der Waals surface area contributed by atoms with Crippen LogP contribution in [0.15, 0.2) is 38.6 Å². The number of hydrogen-bond acceptors (Lipinski definition) is 6. The van der Waals surface area contributed by atoms with Gasteiger partial charge in [-0.15, -0.1) is 10.2 Å². The fourth-order valence-electron chi connectivity index (χ4n) is 3.96. The van der Waals surface area contributed by atoms with Crippen molar-refractivity contribution in [2.24, 2.45) is 11.8 Å². The van der Waals surface area contributed by atoms with Crippen molar-refractivity contribution in [2.45, 2.75) is 57.0 Å². The first-order valence-corrected chi connectivity index (χ1v) is 10.5. The molecule has 1 fully saturated rings. The Morgan fingerprint density at radius 3 is 2.81 bits per heavy atom. The van der Waals surface area contributed by atoms with Crippen molar-refractivity contribution >= 4 is 22.7 Å². The predicted octanol–water partition coefficient (Wildman–Crippen LogP) is 4.38. The number of thioether (sulfide) groups is 1. The molecule has 2 heterocycles. The van der Waals surface area contributed by atoms with Gasteiger partial charge < -0.3 is 4.42 Å². The zero-order chi connectivity index (χ0) is 19.0. The van der Waals surface area contributed by atoms with Crippen LogP contribution in [0.5, 0.6) is 0 Å². The fraction of sp³-hybridized carbons (Fsp3) is 0.500. The van der Waals surface area contributed by atoms with Gasteiger partial charge in [0.1, 0.15) is 0 Å². The molecule has 0 aliphatic heterocycles. The first-order valence-electron chi connectivity index (χ1n) is 9.47. The summed E-state index contributed by atoms with van der Waals surface area (Å²) in [6.45, 7) is 6.31. The summed E-state index contributed by atoms with van der Waals surface area (Å²) in [5.41, 5.74) is 0.787. The van der Waals surface area contributed by atoms with Crippen molar-refractivity contribution in [2.75, 3.05) is 0 Å².